The van der Waals surface area contributed by atoms with Crippen LogP contribution in [0.4, 0.5) is 0 Å². The Balaban J connectivity index is 2.25. The Morgan fingerprint density at radius 3 is 2.40 bits per heavy atom. The van der Waals surface area contributed by atoms with Crippen molar-refractivity contribution in [3.05, 3.63) is 0 Å². The van der Waals surface area contributed by atoms with E-state index in [0.717, 1.165) is 45.4 Å². The molecular weight excluding hydrogens is 252 g/mol. The van der Waals surface area contributed by atoms with E-state index in [9.17, 15) is 0 Å². The highest BCUT2D eigenvalue weighted by molar-refractivity contribution is 5.79. The third-order valence-electron chi connectivity index (χ3n) is 3.88. The van der Waals surface area contributed by atoms with Crippen molar-refractivity contribution in [3.63, 3.8) is 0 Å². The minimum absolute atomic E-state index is 0.427. The van der Waals surface area contributed by atoms with Gasteiger partial charge in [-0.3, -0.25) is 9.89 Å². The normalized spacial score (nSPS) is 20.8. The van der Waals surface area contributed by atoms with Gasteiger partial charge in [0.25, 0.3) is 0 Å². The van der Waals surface area contributed by atoms with Crippen LogP contribution in [-0.2, 0) is 4.74 Å². The zero-order valence-electron chi connectivity index (χ0n) is 13.8. The monoisotopic (exact) mass is 284 g/mol. The number of hydrogen-bond acceptors (Lipinski definition) is 3. The quantitative estimate of drug-likeness (QED) is 0.568. The summed E-state index contributed by atoms with van der Waals surface area (Å²) in [5, 5.41) is 6.86. The number of ether oxygens (including phenoxy) is 1. The largest absolute Gasteiger partial charge is 0.379 e. The second-order valence-electron chi connectivity index (χ2n) is 6.15. The van der Waals surface area contributed by atoms with Gasteiger partial charge >= 0.3 is 0 Å². The molecule has 1 aliphatic heterocycles. The molecule has 0 aromatic rings. The van der Waals surface area contributed by atoms with E-state index >= 15 is 0 Å². The minimum Gasteiger partial charge on any atom is -0.379 e. The fraction of sp³-hybridized carbons (Fsp3) is 0.933. The summed E-state index contributed by atoms with van der Waals surface area (Å²) in [6, 6.07) is 0.427. The Kier molecular flexibility index (Phi) is 7.92. The summed E-state index contributed by atoms with van der Waals surface area (Å²) >= 11 is 0. The van der Waals surface area contributed by atoms with E-state index < -0.39 is 0 Å². The SMILES string of the molecule is CN=C(NCC(C)CN1CCOCC1)NC(C)C(C)C. The molecule has 2 unspecified atom stereocenters. The molecule has 5 nitrogen and oxygen atoms in total. The predicted octanol–water partition coefficient (Wildman–Crippen LogP) is 1.16. The number of rotatable bonds is 6. The Labute approximate surface area is 124 Å². The summed E-state index contributed by atoms with van der Waals surface area (Å²) in [6.07, 6.45) is 0. The van der Waals surface area contributed by atoms with Crippen LogP contribution < -0.4 is 10.6 Å². The molecule has 2 N–H and O–H groups in total. The number of nitrogens with zero attached hydrogens (tertiary/aromatic N) is 2. The van der Waals surface area contributed by atoms with Gasteiger partial charge in [0.05, 0.1) is 13.2 Å². The van der Waals surface area contributed by atoms with Crippen LogP contribution in [-0.4, -0.2) is 63.3 Å². The average molecular weight is 284 g/mol. The number of guanidine groups is 1. The van der Waals surface area contributed by atoms with Crippen LogP contribution >= 0.6 is 0 Å². The van der Waals surface area contributed by atoms with Crippen molar-refractivity contribution in [3.8, 4) is 0 Å². The van der Waals surface area contributed by atoms with Crippen LogP contribution in [0.1, 0.15) is 27.7 Å². The Bertz CT molecular complexity index is 288. The second-order valence-corrected chi connectivity index (χ2v) is 6.15. The highest BCUT2D eigenvalue weighted by Crippen LogP contribution is 2.03. The molecule has 5 heteroatoms. The van der Waals surface area contributed by atoms with Crippen LogP contribution in [0, 0.1) is 11.8 Å². The van der Waals surface area contributed by atoms with Crippen molar-refractivity contribution in [1.29, 1.82) is 0 Å². The molecule has 1 saturated heterocycles. The molecule has 1 rings (SSSR count). The fourth-order valence-corrected chi connectivity index (χ4v) is 2.14. The predicted molar refractivity (Wildman–Crippen MR) is 85.2 cm³/mol. The van der Waals surface area contributed by atoms with Gasteiger partial charge in [0, 0.05) is 39.3 Å². The van der Waals surface area contributed by atoms with Gasteiger partial charge in [-0.15, -0.1) is 0 Å². The molecule has 0 aromatic carbocycles. The first-order valence-corrected chi connectivity index (χ1v) is 7.80. The maximum Gasteiger partial charge on any atom is 0.191 e. The van der Waals surface area contributed by atoms with Gasteiger partial charge in [-0.25, -0.2) is 0 Å². The summed E-state index contributed by atoms with van der Waals surface area (Å²) in [4.78, 5) is 6.76. The summed E-state index contributed by atoms with van der Waals surface area (Å²) in [5.41, 5.74) is 0. The summed E-state index contributed by atoms with van der Waals surface area (Å²) in [7, 11) is 1.83. The van der Waals surface area contributed by atoms with Gasteiger partial charge in [-0.2, -0.15) is 0 Å². The first-order valence-electron chi connectivity index (χ1n) is 7.80. The first-order chi connectivity index (χ1) is 9.52. The maximum atomic E-state index is 5.38. The lowest BCUT2D eigenvalue weighted by Gasteiger charge is -2.29. The Morgan fingerprint density at radius 1 is 1.20 bits per heavy atom. The van der Waals surface area contributed by atoms with Crippen molar-refractivity contribution >= 4 is 5.96 Å². The van der Waals surface area contributed by atoms with Gasteiger partial charge in [-0.05, 0) is 18.8 Å². The van der Waals surface area contributed by atoms with E-state index in [4.69, 9.17) is 4.74 Å². The van der Waals surface area contributed by atoms with Crippen molar-refractivity contribution < 1.29 is 4.74 Å². The summed E-state index contributed by atoms with van der Waals surface area (Å²) in [5.74, 6) is 2.10. The molecule has 0 spiro atoms. The van der Waals surface area contributed by atoms with Crippen LogP contribution in [0.2, 0.25) is 0 Å². The smallest absolute Gasteiger partial charge is 0.191 e. The molecule has 0 radical (unpaired) electrons. The standard InChI is InChI=1S/C15H32N4O/c1-12(2)14(4)18-15(16-5)17-10-13(3)11-19-6-8-20-9-7-19/h12-14H,6-11H2,1-5H3,(H2,16,17,18). The summed E-state index contributed by atoms with van der Waals surface area (Å²) < 4.78 is 5.38. The molecule has 0 saturated carbocycles. The summed E-state index contributed by atoms with van der Waals surface area (Å²) in [6.45, 7) is 14.8. The molecule has 1 heterocycles. The van der Waals surface area contributed by atoms with E-state index in [1.807, 2.05) is 7.05 Å². The van der Waals surface area contributed by atoms with Gasteiger partial charge in [0.15, 0.2) is 5.96 Å². The van der Waals surface area contributed by atoms with Crippen LogP contribution in [0.5, 0.6) is 0 Å². The lowest BCUT2D eigenvalue weighted by molar-refractivity contribution is 0.0320. The van der Waals surface area contributed by atoms with Crippen molar-refractivity contribution in [2.45, 2.75) is 33.7 Å². The van der Waals surface area contributed by atoms with Crippen molar-refractivity contribution in [2.24, 2.45) is 16.8 Å². The molecule has 2 atom stereocenters. The maximum absolute atomic E-state index is 5.38. The lowest BCUT2D eigenvalue weighted by atomic mass is 10.1. The van der Waals surface area contributed by atoms with Gasteiger partial charge in [0.2, 0.25) is 0 Å². The fourth-order valence-electron chi connectivity index (χ4n) is 2.14. The Morgan fingerprint density at radius 2 is 1.85 bits per heavy atom. The number of aliphatic imine (C=N–C) groups is 1. The average Bonchev–Trinajstić information content (AvgIpc) is 2.44. The number of hydrogen-bond donors (Lipinski definition) is 2. The molecule has 118 valence electrons. The number of nitrogens with one attached hydrogen (secondary N) is 2. The molecule has 0 aromatic heterocycles. The highest BCUT2D eigenvalue weighted by Gasteiger charge is 2.14. The van der Waals surface area contributed by atoms with E-state index in [1.165, 1.54) is 0 Å². The first kappa shape index (κ1) is 17.2. The molecule has 0 amide bonds. The molecular formula is C15H32N4O. The zero-order valence-corrected chi connectivity index (χ0v) is 13.8. The highest BCUT2D eigenvalue weighted by atomic mass is 16.5. The van der Waals surface area contributed by atoms with Gasteiger partial charge in [0.1, 0.15) is 0 Å². The third kappa shape index (κ3) is 6.57. The minimum atomic E-state index is 0.427. The van der Waals surface area contributed by atoms with E-state index in [1.54, 1.807) is 0 Å². The van der Waals surface area contributed by atoms with Gasteiger partial charge in [-0.1, -0.05) is 20.8 Å². The zero-order chi connectivity index (χ0) is 15.0. The van der Waals surface area contributed by atoms with Crippen LogP contribution in [0.15, 0.2) is 4.99 Å². The van der Waals surface area contributed by atoms with Crippen LogP contribution in [0.25, 0.3) is 0 Å². The van der Waals surface area contributed by atoms with Crippen LogP contribution in [0.3, 0.4) is 0 Å². The van der Waals surface area contributed by atoms with E-state index in [2.05, 4.69) is 48.2 Å². The van der Waals surface area contributed by atoms with E-state index in [-0.39, 0.29) is 0 Å². The van der Waals surface area contributed by atoms with Crippen molar-refractivity contribution in [2.75, 3.05) is 46.4 Å². The second kappa shape index (κ2) is 9.19. The molecule has 20 heavy (non-hydrogen) atoms. The molecule has 1 fully saturated rings. The topological polar surface area (TPSA) is 48.9 Å². The number of morpholine rings is 1. The van der Waals surface area contributed by atoms with Crippen molar-refractivity contribution in [1.82, 2.24) is 15.5 Å². The van der Waals surface area contributed by atoms with Gasteiger partial charge < -0.3 is 15.4 Å². The molecule has 0 bridgehead atoms. The lowest BCUT2D eigenvalue weighted by Crippen LogP contribution is -2.47. The van der Waals surface area contributed by atoms with E-state index in [0.29, 0.717) is 17.9 Å². The third-order valence-corrected chi connectivity index (χ3v) is 3.88. The Hall–Kier alpha value is -0.810. The molecule has 1 aliphatic rings. The molecule has 0 aliphatic carbocycles.